The van der Waals surface area contributed by atoms with Crippen LogP contribution in [0.15, 0.2) is 24.3 Å². The first-order chi connectivity index (χ1) is 12.4. The Morgan fingerprint density at radius 3 is 2.42 bits per heavy atom. The van der Waals surface area contributed by atoms with Gasteiger partial charge in [-0.05, 0) is 49.9 Å². The number of carbonyl (C=O) groups is 2. The lowest BCUT2D eigenvalue weighted by molar-refractivity contribution is -0.138. The van der Waals surface area contributed by atoms with E-state index in [-0.39, 0.29) is 18.5 Å². The molecule has 1 aromatic rings. The fourth-order valence-corrected chi connectivity index (χ4v) is 3.39. The average Bonchev–Trinajstić information content (AvgIpc) is 2.61. The number of hydrogen-bond acceptors (Lipinski definition) is 4. The van der Waals surface area contributed by atoms with Crippen molar-refractivity contribution < 1.29 is 14.7 Å². The molecule has 1 heterocycles. The van der Waals surface area contributed by atoms with Crippen molar-refractivity contribution >= 4 is 17.6 Å². The number of rotatable bonds is 8. The molecule has 0 aliphatic carbocycles. The van der Waals surface area contributed by atoms with Crippen LogP contribution < -0.4 is 5.32 Å². The van der Waals surface area contributed by atoms with Crippen LogP contribution in [0.5, 0.6) is 0 Å². The molecule has 1 aromatic carbocycles. The SMILES string of the molecule is CCC(C)c1ccc(NC(=O)CN2CCC(N(C)CC(=O)O)CC2)cc1. The molecule has 1 amide bonds. The number of piperidine rings is 1. The van der Waals surface area contributed by atoms with Crippen molar-refractivity contribution in [2.45, 2.75) is 45.1 Å². The molecular formula is C20H31N3O3. The molecule has 1 atom stereocenters. The molecule has 6 nitrogen and oxygen atoms in total. The minimum absolute atomic E-state index is 0.00127. The third-order valence-electron chi connectivity index (χ3n) is 5.31. The number of benzene rings is 1. The van der Waals surface area contributed by atoms with E-state index in [0.29, 0.717) is 12.5 Å². The van der Waals surface area contributed by atoms with Crippen LogP contribution in [-0.2, 0) is 9.59 Å². The molecule has 0 spiro atoms. The summed E-state index contributed by atoms with van der Waals surface area (Å²) in [6.45, 7) is 6.44. The number of likely N-dealkylation sites (tertiary alicyclic amines) is 1. The highest BCUT2D eigenvalue weighted by atomic mass is 16.4. The summed E-state index contributed by atoms with van der Waals surface area (Å²) in [5.74, 6) is -0.271. The number of anilines is 1. The van der Waals surface area contributed by atoms with Crippen LogP contribution in [0.3, 0.4) is 0 Å². The van der Waals surface area contributed by atoms with E-state index in [2.05, 4.69) is 36.2 Å². The Kier molecular flexibility index (Phi) is 7.60. The van der Waals surface area contributed by atoms with E-state index in [1.165, 1.54) is 5.56 Å². The van der Waals surface area contributed by atoms with Crippen molar-refractivity contribution in [3.05, 3.63) is 29.8 Å². The Hall–Kier alpha value is -1.92. The van der Waals surface area contributed by atoms with Gasteiger partial charge in [0.15, 0.2) is 0 Å². The first-order valence-corrected chi connectivity index (χ1v) is 9.43. The summed E-state index contributed by atoms with van der Waals surface area (Å²) >= 11 is 0. The van der Waals surface area contributed by atoms with Crippen LogP contribution >= 0.6 is 0 Å². The molecule has 0 aromatic heterocycles. The van der Waals surface area contributed by atoms with E-state index in [0.717, 1.165) is 38.0 Å². The lowest BCUT2D eigenvalue weighted by atomic mass is 9.99. The molecule has 0 bridgehead atoms. The molecule has 2 N–H and O–H groups in total. The molecule has 1 aliphatic heterocycles. The van der Waals surface area contributed by atoms with Crippen molar-refractivity contribution in [3.63, 3.8) is 0 Å². The second-order valence-electron chi connectivity index (χ2n) is 7.30. The second-order valence-corrected chi connectivity index (χ2v) is 7.30. The lowest BCUT2D eigenvalue weighted by Gasteiger charge is -2.35. The van der Waals surface area contributed by atoms with Gasteiger partial charge in [-0.15, -0.1) is 0 Å². The van der Waals surface area contributed by atoms with Crippen LogP contribution in [0.4, 0.5) is 5.69 Å². The standard InChI is InChI=1S/C20H31N3O3/c1-4-15(2)16-5-7-17(8-6-16)21-19(24)13-23-11-9-18(10-12-23)22(3)14-20(25)26/h5-8,15,18H,4,9-14H2,1-3H3,(H,21,24)(H,25,26). The smallest absolute Gasteiger partial charge is 0.317 e. The zero-order valence-corrected chi connectivity index (χ0v) is 16.1. The molecule has 0 saturated carbocycles. The van der Waals surface area contributed by atoms with E-state index in [9.17, 15) is 9.59 Å². The van der Waals surface area contributed by atoms with Gasteiger partial charge in [0.1, 0.15) is 0 Å². The van der Waals surface area contributed by atoms with E-state index in [1.807, 2.05) is 24.1 Å². The summed E-state index contributed by atoms with van der Waals surface area (Å²) in [6, 6.07) is 8.36. The molecule has 1 saturated heterocycles. The predicted octanol–water partition coefficient (Wildman–Crippen LogP) is 2.62. The Bertz CT molecular complexity index is 595. The van der Waals surface area contributed by atoms with E-state index in [1.54, 1.807) is 0 Å². The largest absolute Gasteiger partial charge is 0.480 e. The molecule has 1 aliphatic rings. The monoisotopic (exact) mass is 361 g/mol. The highest BCUT2D eigenvalue weighted by molar-refractivity contribution is 5.92. The fraction of sp³-hybridized carbons (Fsp3) is 0.600. The zero-order chi connectivity index (χ0) is 19.1. The van der Waals surface area contributed by atoms with Crippen LogP contribution in [0.1, 0.15) is 44.6 Å². The Morgan fingerprint density at radius 2 is 1.88 bits per heavy atom. The maximum absolute atomic E-state index is 12.3. The number of carbonyl (C=O) groups excluding carboxylic acids is 1. The number of carboxylic acids is 1. The Morgan fingerprint density at radius 1 is 1.27 bits per heavy atom. The van der Waals surface area contributed by atoms with E-state index < -0.39 is 5.97 Å². The maximum Gasteiger partial charge on any atom is 0.317 e. The van der Waals surface area contributed by atoms with E-state index >= 15 is 0 Å². The summed E-state index contributed by atoms with van der Waals surface area (Å²) in [7, 11) is 1.85. The summed E-state index contributed by atoms with van der Waals surface area (Å²) in [5, 5.41) is 11.8. The third kappa shape index (κ3) is 6.11. The number of hydrogen-bond donors (Lipinski definition) is 2. The van der Waals surface area contributed by atoms with Crippen LogP contribution in [-0.4, -0.2) is 66.1 Å². The number of likely N-dealkylation sites (N-methyl/N-ethyl adjacent to an activating group) is 1. The van der Waals surface area contributed by atoms with Crippen molar-refractivity contribution in [1.29, 1.82) is 0 Å². The minimum atomic E-state index is -0.798. The van der Waals surface area contributed by atoms with Gasteiger partial charge in [-0.2, -0.15) is 0 Å². The average molecular weight is 361 g/mol. The van der Waals surface area contributed by atoms with Crippen LogP contribution in [0.25, 0.3) is 0 Å². The number of nitrogens with one attached hydrogen (secondary N) is 1. The van der Waals surface area contributed by atoms with Gasteiger partial charge in [-0.1, -0.05) is 26.0 Å². The van der Waals surface area contributed by atoms with Gasteiger partial charge >= 0.3 is 5.97 Å². The highest BCUT2D eigenvalue weighted by Crippen LogP contribution is 2.20. The summed E-state index contributed by atoms with van der Waals surface area (Å²) in [5.41, 5.74) is 2.12. The summed E-state index contributed by atoms with van der Waals surface area (Å²) in [6.07, 6.45) is 2.88. The first-order valence-electron chi connectivity index (χ1n) is 9.43. The quantitative estimate of drug-likeness (QED) is 0.745. The number of aliphatic carboxylic acids is 1. The first kappa shape index (κ1) is 20.4. The van der Waals surface area contributed by atoms with Crippen molar-refractivity contribution in [2.24, 2.45) is 0 Å². The third-order valence-corrected chi connectivity index (χ3v) is 5.31. The Labute approximate surface area is 156 Å². The summed E-state index contributed by atoms with van der Waals surface area (Å²) < 4.78 is 0. The van der Waals surface area contributed by atoms with Crippen molar-refractivity contribution in [1.82, 2.24) is 9.80 Å². The fourth-order valence-electron chi connectivity index (χ4n) is 3.39. The van der Waals surface area contributed by atoms with Gasteiger partial charge in [-0.25, -0.2) is 0 Å². The Balaban J connectivity index is 1.76. The second kappa shape index (κ2) is 9.69. The van der Waals surface area contributed by atoms with Gasteiger partial charge in [0, 0.05) is 24.8 Å². The number of nitrogens with zero attached hydrogens (tertiary/aromatic N) is 2. The molecule has 26 heavy (non-hydrogen) atoms. The molecule has 1 unspecified atom stereocenters. The predicted molar refractivity (Wildman–Crippen MR) is 104 cm³/mol. The highest BCUT2D eigenvalue weighted by Gasteiger charge is 2.24. The van der Waals surface area contributed by atoms with Gasteiger partial charge in [0.25, 0.3) is 0 Å². The van der Waals surface area contributed by atoms with Crippen LogP contribution in [0, 0.1) is 0 Å². The molecule has 0 radical (unpaired) electrons. The topological polar surface area (TPSA) is 72.9 Å². The normalized spacial score (nSPS) is 17.2. The van der Waals surface area contributed by atoms with Crippen molar-refractivity contribution in [2.75, 3.05) is 38.5 Å². The molecule has 1 fully saturated rings. The molecule has 2 rings (SSSR count). The molecular weight excluding hydrogens is 330 g/mol. The molecule has 6 heteroatoms. The number of carboxylic acid groups (broad SMARTS) is 1. The minimum Gasteiger partial charge on any atom is -0.480 e. The molecule has 144 valence electrons. The zero-order valence-electron chi connectivity index (χ0n) is 16.1. The maximum atomic E-state index is 12.3. The number of amides is 1. The lowest BCUT2D eigenvalue weighted by Crippen LogP contribution is -2.46. The van der Waals surface area contributed by atoms with Crippen molar-refractivity contribution in [3.8, 4) is 0 Å². The van der Waals surface area contributed by atoms with Crippen LogP contribution in [0.2, 0.25) is 0 Å². The van der Waals surface area contributed by atoms with Gasteiger partial charge in [0.2, 0.25) is 5.91 Å². The van der Waals surface area contributed by atoms with Gasteiger partial charge in [-0.3, -0.25) is 19.4 Å². The van der Waals surface area contributed by atoms with Gasteiger partial charge in [0.05, 0.1) is 13.1 Å². The summed E-state index contributed by atoms with van der Waals surface area (Å²) in [4.78, 5) is 27.1. The van der Waals surface area contributed by atoms with Gasteiger partial charge < -0.3 is 10.4 Å². The van der Waals surface area contributed by atoms with E-state index in [4.69, 9.17) is 5.11 Å².